The summed E-state index contributed by atoms with van der Waals surface area (Å²) in [4.78, 5) is 15.6. The molecule has 0 spiro atoms. The molecule has 0 aliphatic rings. The van der Waals surface area contributed by atoms with Gasteiger partial charge >= 0.3 is 5.97 Å². The first-order chi connectivity index (χ1) is 8.81. The minimum atomic E-state index is -0.572. The number of carbonyl (C=O) groups is 1. The predicted molar refractivity (Wildman–Crippen MR) is 70.2 cm³/mol. The number of nitrogens with two attached hydrogens (primary N) is 1. The molecule has 0 atom stereocenters. The van der Waals surface area contributed by atoms with Crippen LogP contribution in [-0.4, -0.2) is 5.97 Å². The van der Waals surface area contributed by atoms with E-state index in [1.807, 2.05) is 60.7 Å². The highest BCUT2D eigenvalue weighted by Crippen LogP contribution is 2.22. The number of rotatable bonds is 3. The zero-order chi connectivity index (χ0) is 12.8. The molecule has 0 amide bonds. The summed E-state index contributed by atoms with van der Waals surface area (Å²) < 4.78 is 0. The van der Waals surface area contributed by atoms with Crippen LogP contribution in [0.25, 0.3) is 5.57 Å². The lowest BCUT2D eigenvalue weighted by molar-refractivity contribution is -0.138. The molecule has 90 valence electrons. The van der Waals surface area contributed by atoms with Crippen molar-refractivity contribution in [2.75, 3.05) is 0 Å². The van der Waals surface area contributed by atoms with Crippen molar-refractivity contribution < 1.29 is 9.63 Å². The van der Waals surface area contributed by atoms with Gasteiger partial charge in [0, 0.05) is 6.08 Å². The molecule has 0 aliphatic carbocycles. The molecule has 2 aromatic rings. The zero-order valence-electron chi connectivity index (χ0n) is 9.74. The van der Waals surface area contributed by atoms with Crippen LogP contribution < -0.4 is 5.90 Å². The van der Waals surface area contributed by atoms with E-state index in [4.69, 9.17) is 5.90 Å². The average Bonchev–Trinajstić information content (AvgIpc) is 2.46. The largest absolute Gasteiger partial charge is 0.370 e. The Morgan fingerprint density at radius 3 is 1.72 bits per heavy atom. The van der Waals surface area contributed by atoms with E-state index in [2.05, 4.69) is 4.84 Å². The fourth-order valence-electron chi connectivity index (χ4n) is 1.72. The summed E-state index contributed by atoms with van der Waals surface area (Å²) in [5.41, 5.74) is 2.66. The second-order valence-corrected chi connectivity index (χ2v) is 3.73. The van der Waals surface area contributed by atoms with Crippen molar-refractivity contribution in [1.82, 2.24) is 0 Å². The van der Waals surface area contributed by atoms with Crippen LogP contribution in [0, 0.1) is 0 Å². The van der Waals surface area contributed by atoms with E-state index in [-0.39, 0.29) is 0 Å². The fraction of sp³-hybridized carbons (Fsp3) is 0. The fourth-order valence-corrected chi connectivity index (χ4v) is 1.72. The Labute approximate surface area is 105 Å². The molecule has 0 fully saturated rings. The molecular weight excluding hydrogens is 226 g/mol. The Hall–Kier alpha value is -2.39. The maximum absolute atomic E-state index is 11.3. The molecule has 0 aliphatic heterocycles. The molecular formula is C15H13NO2. The van der Waals surface area contributed by atoms with Gasteiger partial charge in [0.05, 0.1) is 0 Å². The molecule has 0 radical (unpaired) electrons. The van der Waals surface area contributed by atoms with Crippen LogP contribution in [0.2, 0.25) is 0 Å². The van der Waals surface area contributed by atoms with Crippen molar-refractivity contribution in [3.05, 3.63) is 77.9 Å². The van der Waals surface area contributed by atoms with Crippen LogP contribution in [0.3, 0.4) is 0 Å². The lowest BCUT2D eigenvalue weighted by Crippen LogP contribution is -2.07. The summed E-state index contributed by atoms with van der Waals surface area (Å²) in [5.74, 6) is 4.31. The Balaban J connectivity index is 2.49. The second-order valence-electron chi connectivity index (χ2n) is 3.73. The van der Waals surface area contributed by atoms with Gasteiger partial charge in [-0.15, -0.1) is 0 Å². The summed E-state index contributed by atoms with van der Waals surface area (Å²) in [6.07, 6.45) is 1.39. The molecule has 3 nitrogen and oxygen atoms in total. The lowest BCUT2D eigenvalue weighted by atomic mass is 9.98. The highest BCUT2D eigenvalue weighted by Gasteiger charge is 2.07. The third kappa shape index (κ3) is 2.84. The van der Waals surface area contributed by atoms with Crippen LogP contribution in [0.15, 0.2) is 66.7 Å². The Morgan fingerprint density at radius 1 is 0.889 bits per heavy atom. The monoisotopic (exact) mass is 239 g/mol. The van der Waals surface area contributed by atoms with E-state index in [0.717, 1.165) is 16.7 Å². The van der Waals surface area contributed by atoms with Crippen molar-refractivity contribution in [2.24, 2.45) is 5.90 Å². The third-order valence-electron chi connectivity index (χ3n) is 2.55. The Morgan fingerprint density at radius 2 is 1.33 bits per heavy atom. The van der Waals surface area contributed by atoms with Crippen LogP contribution in [-0.2, 0) is 9.63 Å². The maximum atomic E-state index is 11.3. The van der Waals surface area contributed by atoms with Gasteiger partial charge < -0.3 is 4.84 Å². The van der Waals surface area contributed by atoms with Crippen LogP contribution >= 0.6 is 0 Å². The summed E-state index contributed by atoms with van der Waals surface area (Å²) in [5, 5.41) is 0. The number of benzene rings is 2. The summed E-state index contributed by atoms with van der Waals surface area (Å²) in [6, 6.07) is 19.2. The van der Waals surface area contributed by atoms with Crippen LogP contribution in [0.1, 0.15) is 11.1 Å². The van der Waals surface area contributed by atoms with E-state index < -0.39 is 5.97 Å². The van der Waals surface area contributed by atoms with Crippen molar-refractivity contribution in [3.63, 3.8) is 0 Å². The lowest BCUT2D eigenvalue weighted by Gasteiger charge is -2.07. The molecule has 18 heavy (non-hydrogen) atoms. The van der Waals surface area contributed by atoms with Gasteiger partial charge in [0.15, 0.2) is 0 Å². The topological polar surface area (TPSA) is 52.3 Å². The molecule has 0 saturated carbocycles. The first-order valence-corrected chi connectivity index (χ1v) is 5.54. The van der Waals surface area contributed by atoms with E-state index >= 15 is 0 Å². The van der Waals surface area contributed by atoms with Crippen LogP contribution in [0.4, 0.5) is 0 Å². The van der Waals surface area contributed by atoms with Crippen molar-refractivity contribution >= 4 is 11.5 Å². The quantitative estimate of drug-likeness (QED) is 0.661. The first kappa shape index (κ1) is 12.1. The van der Waals surface area contributed by atoms with E-state index in [9.17, 15) is 4.79 Å². The standard InChI is InChI=1S/C15H13NO2/c16-18-15(17)11-14(12-7-3-1-4-8-12)13-9-5-2-6-10-13/h1-11H,16H2. The molecule has 0 unspecified atom stereocenters. The molecule has 2 aromatic carbocycles. The van der Waals surface area contributed by atoms with Gasteiger partial charge in [-0.1, -0.05) is 60.7 Å². The number of hydrogen-bond acceptors (Lipinski definition) is 3. The molecule has 0 bridgehead atoms. The van der Waals surface area contributed by atoms with E-state index in [0.29, 0.717) is 0 Å². The normalized spacial score (nSPS) is 9.61. The molecule has 0 heterocycles. The first-order valence-electron chi connectivity index (χ1n) is 5.54. The third-order valence-corrected chi connectivity index (χ3v) is 2.55. The Bertz CT molecular complexity index is 506. The average molecular weight is 239 g/mol. The summed E-state index contributed by atoms with van der Waals surface area (Å²) in [6.45, 7) is 0. The van der Waals surface area contributed by atoms with Gasteiger partial charge in [0.25, 0.3) is 0 Å². The minimum absolute atomic E-state index is 0.572. The summed E-state index contributed by atoms with van der Waals surface area (Å²) in [7, 11) is 0. The number of hydrogen-bond donors (Lipinski definition) is 1. The zero-order valence-corrected chi connectivity index (χ0v) is 9.74. The summed E-state index contributed by atoms with van der Waals surface area (Å²) >= 11 is 0. The van der Waals surface area contributed by atoms with Gasteiger partial charge in [0.1, 0.15) is 0 Å². The minimum Gasteiger partial charge on any atom is -0.370 e. The molecule has 0 saturated heterocycles. The highest BCUT2D eigenvalue weighted by molar-refractivity contribution is 5.96. The smallest absolute Gasteiger partial charge is 0.349 e. The maximum Gasteiger partial charge on any atom is 0.349 e. The molecule has 2 N–H and O–H groups in total. The van der Waals surface area contributed by atoms with Crippen molar-refractivity contribution in [3.8, 4) is 0 Å². The second kappa shape index (κ2) is 5.80. The predicted octanol–water partition coefficient (Wildman–Crippen LogP) is 2.54. The van der Waals surface area contributed by atoms with Gasteiger partial charge in [-0.25, -0.2) is 4.79 Å². The van der Waals surface area contributed by atoms with Gasteiger partial charge in [0.2, 0.25) is 0 Å². The molecule has 0 aromatic heterocycles. The van der Waals surface area contributed by atoms with Crippen LogP contribution in [0.5, 0.6) is 0 Å². The van der Waals surface area contributed by atoms with E-state index in [1.54, 1.807) is 0 Å². The molecule has 2 rings (SSSR count). The van der Waals surface area contributed by atoms with E-state index in [1.165, 1.54) is 6.08 Å². The number of carbonyl (C=O) groups excluding carboxylic acids is 1. The van der Waals surface area contributed by atoms with Crippen molar-refractivity contribution in [1.29, 1.82) is 0 Å². The Kier molecular flexibility index (Phi) is 3.89. The SMILES string of the molecule is NOC(=O)C=C(c1ccccc1)c1ccccc1. The van der Waals surface area contributed by atoms with Gasteiger partial charge in [-0.2, -0.15) is 5.90 Å². The van der Waals surface area contributed by atoms with Gasteiger partial charge in [-0.05, 0) is 16.7 Å². The van der Waals surface area contributed by atoms with Gasteiger partial charge in [-0.3, -0.25) is 0 Å². The molecule has 3 heteroatoms. The highest BCUT2D eigenvalue weighted by atomic mass is 16.7. The van der Waals surface area contributed by atoms with Crippen molar-refractivity contribution in [2.45, 2.75) is 0 Å².